The van der Waals surface area contributed by atoms with Crippen molar-refractivity contribution in [1.29, 1.82) is 0 Å². The zero-order valence-electron chi connectivity index (χ0n) is 14.9. The monoisotopic (exact) mass is 368 g/mol. The van der Waals surface area contributed by atoms with Crippen LogP contribution >= 0.6 is 0 Å². The highest BCUT2D eigenvalue weighted by molar-refractivity contribution is 7.89. The van der Waals surface area contributed by atoms with Crippen LogP contribution in [0.4, 0.5) is 0 Å². The minimum Gasteiger partial charge on any atom is -0.375 e. The molecule has 0 radical (unpaired) electrons. The van der Waals surface area contributed by atoms with Gasteiger partial charge in [0, 0.05) is 32.5 Å². The standard InChI is InChI=1S/C18H28N2O4S/c1-2-25(21,22)20-11-8-18(9-12-20)16(7-14-24-18)6-13-23-15-17-5-3-4-10-19-17/h3-5,10,16H,2,6-9,11-15H2,1H3/t16-/m1/s1. The van der Waals surface area contributed by atoms with Crippen LogP contribution in [0.15, 0.2) is 24.4 Å². The number of nitrogens with zero attached hydrogens (tertiary/aromatic N) is 2. The summed E-state index contributed by atoms with van der Waals surface area (Å²) in [7, 11) is -3.09. The van der Waals surface area contributed by atoms with Gasteiger partial charge in [-0.3, -0.25) is 4.98 Å². The first-order valence-electron chi connectivity index (χ1n) is 9.15. The molecule has 2 aliphatic heterocycles. The van der Waals surface area contributed by atoms with Gasteiger partial charge in [0.15, 0.2) is 0 Å². The van der Waals surface area contributed by atoms with Crippen molar-refractivity contribution in [3.05, 3.63) is 30.1 Å². The highest BCUT2D eigenvalue weighted by Crippen LogP contribution is 2.42. The third kappa shape index (κ3) is 4.39. The summed E-state index contributed by atoms with van der Waals surface area (Å²) in [6.45, 7) is 4.83. The summed E-state index contributed by atoms with van der Waals surface area (Å²) in [5, 5.41) is 0. The van der Waals surface area contributed by atoms with Gasteiger partial charge < -0.3 is 9.47 Å². The smallest absolute Gasteiger partial charge is 0.213 e. The van der Waals surface area contributed by atoms with Gasteiger partial charge in [-0.15, -0.1) is 0 Å². The van der Waals surface area contributed by atoms with Gasteiger partial charge in [0.25, 0.3) is 0 Å². The number of ether oxygens (including phenoxy) is 2. The van der Waals surface area contributed by atoms with Gasteiger partial charge in [-0.2, -0.15) is 0 Å². The topological polar surface area (TPSA) is 68.7 Å². The van der Waals surface area contributed by atoms with Crippen molar-refractivity contribution in [1.82, 2.24) is 9.29 Å². The molecule has 0 bridgehead atoms. The molecule has 3 rings (SSSR count). The second-order valence-electron chi connectivity index (χ2n) is 6.86. The molecule has 140 valence electrons. The molecular weight excluding hydrogens is 340 g/mol. The molecule has 0 aromatic carbocycles. The molecule has 2 fully saturated rings. The van der Waals surface area contributed by atoms with E-state index in [0.29, 0.717) is 32.2 Å². The van der Waals surface area contributed by atoms with Crippen LogP contribution in [0.25, 0.3) is 0 Å². The summed E-state index contributed by atoms with van der Waals surface area (Å²) in [5.41, 5.74) is 0.784. The van der Waals surface area contributed by atoms with Crippen LogP contribution in [0.5, 0.6) is 0 Å². The minimum absolute atomic E-state index is 0.159. The van der Waals surface area contributed by atoms with Crippen molar-refractivity contribution in [3.63, 3.8) is 0 Å². The molecule has 0 amide bonds. The molecule has 1 spiro atoms. The zero-order chi connectivity index (χ0) is 17.8. The van der Waals surface area contributed by atoms with Gasteiger partial charge in [-0.25, -0.2) is 12.7 Å². The fourth-order valence-corrected chi connectivity index (χ4v) is 5.06. The molecule has 0 saturated carbocycles. The van der Waals surface area contributed by atoms with Crippen LogP contribution in [-0.4, -0.2) is 55.4 Å². The van der Waals surface area contributed by atoms with E-state index in [0.717, 1.165) is 38.0 Å². The van der Waals surface area contributed by atoms with Crippen molar-refractivity contribution < 1.29 is 17.9 Å². The lowest BCUT2D eigenvalue weighted by Gasteiger charge is -2.41. The Hall–Kier alpha value is -1.02. The van der Waals surface area contributed by atoms with E-state index >= 15 is 0 Å². The molecule has 0 N–H and O–H groups in total. The number of hydrogen-bond donors (Lipinski definition) is 0. The Kier molecular flexibility index (Phi) is 6.09. The fraction of sp³-hybridized carbons (Fsp3) is 0.722. The average molecular weight is 368 g/mol. The number of rotatable bonds is 7. The molecule has 2 saturated heterocycles. The molecule has 7 heteroatoms. The maximum absolute atomic E-state index is 12.0. The van der Waals surface area contributed by atoms with Gasteiger partial charge in [-0.1, -0.05) is 6.07 Å². The highest BCUT2D eigenvalue weighted by atomic mass is 32.2. The molecule has 0 aliphatic carbocycles. The van der Waals surface area contributed by atoms with Crippen LogP contribution in [0.2, 0.25) is 0 Å². The largest absolute Gasteiger partial charge is 0.375 e. The van der Waals surface area contributed by atoms with E-state index in [-0.39, 0.29) is 11.4 Å². The summed E-state index contributed by atoms with van der Waals surface area (Å²) >= 11 is 0. The number of piperidine rings is 1. The summed E-state index contributed by atoms with van der Waals surface area (Å²) in [5.74, 6) is 0.619. The lowest BCUT2D eigenvalue weighted by molar-refractivity contribution is -0.0618. The van der Waals surface area contributed by atoms with Gasteiger partial charge in [0.05, 0.1) is 23.7 Å². The van der Waals surface area contributed by atoms with Crippen molar-refractivity contribution in [3.8, 4) is 0 Å². The Morgan fingerprint density at radius 2 is 2.16 bits per heavy atom. The van der Waals surface area contributed by atoms with Gasteiger partial charge >= 0.3 is 0 Å². The summed E-state index contributed by atoms with van der Waals surface area (Å²) in [6.07, 6.45) is 5.34. The molecule has 1 aromatic rings. The summed E-state index contributed by atoms with van der Waals surface area (Å²) < 4.78 is 37.6. The maximum atomic E-state index is 12.0. The molecule has 3 heterocycles. The molecule has 1 atom stereocenters. The van der Waals surface area contributed by atoms with E-state index in [1.807, 2.05) is 18.2 Å². The van der Waals surface area contributed by atoms with Crippen molar-refractivity contribution >= 4 is 10.0 Å². The second kappa shape index (κ2) is 8.12. The van der Waals surface area contributed by atoms with Crippen LogP contribution in [0.3, 0.4) is 0 Å². The molecule has 25 heavy (non-hydrogen) atoms. The molecule has 1 aromatic heterocycles. The van der Waals surface area contributed by atoms with E-state index in [1.54, 1.807) is 17.4 Å². The Balaban J connectivity index is 1.48. The number of sulfonamides is 1. The molecule has 2 aliphatic rings. The molecule has 6 nitrogen and oxygen atoms in total. The maximum Gasteiger partial charge on any atom is 0.213 e. The van der Waals surface area contributed by atoms with E-state index < -0.39 is 10.0 Å². The van der Waals surface area contributed by atoms with E-state index in [1.165, 1.54) is 0 Å². The fourth-order valence-electron chi connectivity index (χ4n) is 3.96. The van der Waals surface area contributed by atoms with Crippen LogP contribution in [0.1, 0.15) is 38.3 Å². The van der Waals surface area contributed by atoms with Crippen LogP contribution in [-0.2, 0) is 26.1 Å². The predicted molar refractivity (Wildman–Crippen MR) is 95.6 cm³/mol. The van der Waals surface area contributed by atoms with E-state index in [9.17, 15) is 8.42 Å². The van der Waals surface area contributed by atoms with Crippen LogP contribution in [0, 0.1) is 5.92 Å². The average Bonchev–Trinajstić information content (AvgIpc) is 3.02. The Morgan fingerprint density at radius 1 is 1.36 bits per heavy atom. The highest BCUT2D eigenvalue weighted by Gasteiger charge is 2.47. The van der Waals surface area contributed by atoms with Crippen molar-refractivity contribution in [2.24, 2.45) is 5.92 Å². The van der Waals surface area contributed by atoms with Crippen LogP contribution < -0.4 is 0 Å². The van der Waals surface area contributed by atoms with Gasteiger partial charge in [0.1, 0.15) is 0 Å². The molecule has 0 unspecified atom stereocenters. The minimum atomic E-state index is -3.09. The van der Waals surface area contributed by atoms with Gasteiger partial charge in [-0.05, 0) is 50.7 Å². The summed E-state index contributed by atoms with van der Waals surface area (Å²) in [6, 6.07) is 5.82. The normalized spacial score (nSPS) is 24.0. The lowest BCUT2D eigenvalue weighted by Crippen LogP contribution is -2.49. The number of pyridine rings is 1. The van der Waals surface area contributed by atoms with Crippen molar-refractivity contribution in [2.45, 2.75) is 44.8 Å². The van der Waals surface area contributed by atoms with Gasteiger partial charge in [0.2, 0.25) is 10.0 Å². The quantitative estimate of drug-likeness (QED) is 0.690. The van der Waals surface area contributed by atoms with Crippen molar-refractivity contribution in [2.75, 3.05) is 32.1 Å². The Bertz CT molecular complexity index is 642. The first-order valence-corrected chi connectivity index (χ1v) is 10.8. The third-order valence-corrected chi connectivity index (χ3v) is 7.40. The van der Waals surface area contributed by atoms with E-state index in [4.69, 9.17) is 9.47 Å². The SMILES string of the molecule is CCS(=O)(=O)N1CCC2(CC1)OCC[C@H]2CCOCc1ccccn1. The lowest BCUT2D eigenvalue weighted by atomic mass is 9.78. The first-order chi connectivity index (χ1) is 12.1. The number of hydrogen-bond acceptors (Lipinski definition) is 5. The second-order valence-corrected chi connectivity index (χ2v) is 9.12. The predicted octanol–water partition coefficient (Wildman–Crippen LogP) is 2.21. The molecular formula is C18H28N2O4S. The Morgan fingerprint density at radius 3 is 2.84 bits per heavy atom. The third-order valence-electron chi connectivity index (χ3n) is 5.51. The first kappa shape index (κ1) is 18.8. The summed E-state index contributed by atoms with van der Waals surface area (Å²) in [4.78, 5) is 4.26. The number of aromatic nitrogens is 1. The zero-order valence-corrected chi connectivity index (χ0v) is 15.7. The Labute approximate surface area is 150 Å². The van der Waals surface area contributed by atoms with E-state index in [2.05, 4.69) is 4.98 Å².